The van der Waals surface area contributed by atoms with Crippen LogP contribution in [0.3, 0.4) is 0 Å². The molecule has 1 aromatic carbocycles. The Morgan fingerprint density at radius 3 is 2.68 bits per heavy atom. The molecule has 6 nitrogen and oxygen atoms in total. The third-order valence-electron chi connectivity index (χ3n) is 5.10. The molecule has 1 atom stereocenters. The zero-order chi connectivity index (χ0) is 21.3. The Hall–Kier alpha value is -1.27. The second-order valence-electron chi connectivity index (χ2n) is 7.65. The van der Waals surface area contributed by atoms with Gasteiger partial charge in [0.2, 0.25) is 0 Å². The molecule has 1 unspecified atom stereocenters. The van der Waals surface area contributed by atoms with Gasteiger partial charge in [0.1, 0.15) is 5.82 Å². The second-order valence-corrected chi connectivity index (χ2v) is 8.63. The first-order chi connectivity index (χ1) is 14.6. The van der Waals surface area contributed by atoms with Gasteiger partial charge in [-0.2, -0.15) is 0 Å². The molecule has 0 saturated carbocycles. The Labute approximate surface area is 205 Å². The average Bonchev–Trinajstić information content (AvgIpc) is 3.27. The standard InChI is InChI=1S/C22H32FN5OS.HI/c1-24-22(25-14-17-6-7-19(23)18(13-17)16-27(2)3)26-15-20(21-5-4-12-30-21)28-8-10-29-11-9-28;/h4-7,12-13,20H,8-11,14-16H2,1-3H3,(H2,24,25,26);1H. The van der Waals surface area contributed by atoms with Crippen LogP contribution in [0.2, 0.25) is 0 Å². The lowest BCUT2D eigenvalue weighted by molar-refractivity contribution is 0.0177. The Morgan fingerprint density at radius 2 is 2.03 bits per heavy atom. The highest BCUT2D eigenvalue weighted by Gasteiger charge is 2.23. The highest BCUT2D eigenvalue weighted by Crippen LogP contribution is 2.25. The van der Waals surface area contributed by atoms with Gasteiger partial charge in [-0.1, -0.05) is 12.1 Å². The van der Waals surface area contributed by atoms with E-state index in [9.17, 15) is 4.39 Å². The van der Waals surface area contributed by atoms with Gasteiger partial charge in [-0.05, 0) is 43.2 Å². The average molecular weight is 562 g/mol. The smallest absolute Gasteiger partial charge is 0.191 e. The summed E-state index contributed by atoms with van der Waals surface area (Å²) in [6, 6.07) is 9.84. The molecule has 0 spiro atoms. The summed E-state index contributed by atoms with van der Waals surface area (Å²) in [6.07, 6.45) is 0. The minimum absolute atomic E-state index is 0. The summed E-state index contributed by atoms with van der Waals surface area (Å²) in [5.74, 6) is 0.572. The van der Waals surface area contributed by atoms with E-state index in [0.717, 1.165) is 44.4 Å². The van der Waals surface area contributed by atoms with Crippen LogP contribution in [0.1, 0.15) is 22.0 Å². The number of morpholine rings is 1. The molecule has 1 fully saturated rings. The van der Waals surface area contributed by atoms with Crippen LogP contribution in [0.5, 0.6) is 0 Å². The van der Waals surface area contributed by atoms with E-state index < -0.39 is 0 Å². The molecule has 31 heavy (non-hydrogen) atoms. The van der Waals surface area contributed by atoms with Gasteiger partial charge in [0.05, 0.1) is 19.3 Å². The predicted molar refractivity (Wildman–Crippen MR) is 137 cm³/mol. The van der Waals surface area contributed by atoms with Gasteiger partial charge in [0, 0.05) is 50.2 Å². The van der Waals surface area contributed by atoms with Crippen molar-refractivity contribution in [2.24, 2.45) is 4.99 Å². The third kappa shape index (κ3) is 7.98. The van der Waals surface area contributed by atoms with Gasteiger partial charge in [-0.3, -0.25) is 9.89 Å². The van der Waals surface area contributed by atoms with Gasteiger partial charge in [-0.15, -0.1) is 35.3 Å². The lowest BCUT2D eigenvalue weighted by Crippen LogP contribution is -2.46. The minimum Gasteiger partial charge on any atom is -0.379 e. The molecule has 1 aromatic heterocycles. The van der Waals surface area contributed by atoms with Crippen LogP contribution >= 0.6 is 35.3 Å². The lowest BCUT2D eigenvalue weighted by Gasteiger charge is -2.34. The molecule has 0 amide bonds. The summed E-state index contributed by atoms with van der Waals surface area (Å²) in [4.78, 5) is 10.1. The quantitative estimate of drug-likeness (QED) is 0.295. The molecule has 1 aliphatic heterocycles. The molecule has 0 radical (unpaired) electrons. The third-order valence-corrected chi connectivity index (χ3v) is 6.07. The number of hydrogen-bond donors (Lipinski definition) is 2. The van der Waals surface area contributed by atoms with Crippen molar-refractivity contribution in [2.75, 3.05) is 54.0 Å². The SMILES string of the molecule is CN=C(NCc1ccc(F)c(CN(C)C)c1)NCC(c1cccs1)N1CCOCC1.I. The fraction of sp³-hybridized carbons (Fsp3) is 0.500. The first-order valence-corrected chi connectivity index (χ1v) is 11.2. The molecule has 0 aliphatic carbocycles. The maximum absolute atomic E-state index is 14.0. The Morgan fingerprint density at radius 1 is 1.26 bits per heavy atom. The van der Waals surface area contributed by atoms with Gasteiger partial charge in [-0.25, -0.2) is 4.39 Å². The summed E-state index contributed by atoms with van der Waals surface area (Å²) in [5.41, 5.74) is 1.73. The normalized spacial score (nSPS) is 16.1. The van der Waals surface area contributed by atoms with Gasteiger partial charge in [0.25, 0.3) is 0 Å². The number of rotatable bonds is 8. The van der Waals surface area contributed by atoms with Crippen molar-refractivity contribution in [1.29, 1.82) is 0 Å². The van der Waals surface area contributed by atoms with Crippen molar-refractivity contribution in [2.45, 2.75) is 19.1 Å². The van der Waals surface area contributed by atoms with Crippen LogP contribution in [0.25, 0.3) is 0 Å². The van der Waals surface area contributed by atoms with Crippen molar-refractivity contribution in [3.8, 4) is 0 Å². The van der Waals surface area contributed by atoms with E-state index in [4.69, 9.17) is 4.74 Å². The van der Waals surface area contributed by atoms with E-state index in [1.54, 1.807) is 18.4 Å². The van der Waals surface area contributed by atoms with E-state index in [-0.39, 0.29) is 35.8 Å². The van der Waals surface area contributed by atoms with Crippen molar-refractivity contribution < 1.29 is 9.13 Å². The number of guanidine groups is 1. The number of aliphatic imine (C=N–C) groups is 1. The molecule has 172 valence electrons. The fourth-order valence-electron chi connectivity index (χ4n) is 3.58. The molecule has 1 saturated heterocycles. The van der Waals surface area contributed by atoms with Gasteiger partial charge < -0.3 is 20.3 Å². The number of halogens is 2. The highest BCUT2D eigenvalue weighted by molar-refractivity contribution is 14.0. The van der Waals surface area contributed by atoms with Crippen molar-refractivity contribution >= 4 is 41.3 Å². The van der Waals surface area contributed by atoms with Crippen molar-refractivity contribution in [1.82, 2.24) is 20.4 Å². The maximum Gasteiger partial charge on any atom is 0.191 e. The Kier molecular flexibility index (Phi) is 11.2. The van der Waals surface area contributed by atoms with Crippen molar-refractivity contribution in [3.05, 3.63) is 57.5 Å². The molecule has 3 rings (SSSR count). The zero-order valence-corrected chi connectivity index (χ0v) is 21.6. The van der Waals surface area contributed by atoms with Gasteiger partial charge >= 0.3 is 0 Å². The van der Waals surface area contributed by atoms with Crippen LogP contribution in [-0.2, 0) is 17.8 Å². The van der Waals surface area contributed by atoms with E-state index in [1.165, 1.54) is 10.9 Å². The molecule has 0 bridgehead atoms. The van der Waals surface area contributed by atoms with Crippen LogP contribution in [0, 0.1) is 5.82 Å². The van der Waals surface area contributed by atoms with E-state index in [0.29, 0.717) is 18.7 Å². The molecule has 2 heterocycles. The molecule has 2 N–H and O–H groups in total. The van der Waals surface area contributed by atoms with E-state index in [2.05, 4.69) is 38.0 Å². The van der Waals surface area contributed by atoms with Crippen LogP contribution in [0.4, 0.5) is 4.39 Å². The lowest BCUT2D eigenvalue weighted by atomic mass is 10.1. The van der Waals surface area contributed by atoms with Crippen molar-refractivity contribution in [3.63, 3.8) is 0 Å². The number of nitrogens with one attached hydrogen (secondary N) is 2. The summed E-state index contributed by atoms with van der Waals surface area (Å²) in [6.45, 7) is 5.33. The number of ether oxygens (including phenoxy) is 1. The maximum atomic E-state index is 14.0. The number of hydrogen-bond acceptors (Lipinski definition) is 5. The molecule has 1 aliphatic rings. The monoisotopic (exact) mass is 561 g/mol. The fourth-order valence-corrected chi connectivity index (χ4v) is 4.44. The first kappa shape index (κ1) is 26.0. The summed E-state index contributed by atoms with van der Waals surface area (Å²) in [7, 11) is 5.65. The second kappa shape index (κ2) is 13.3. The first-order valence-electron chi connectivity index (χ1n) is 10.3. The highest BCUT2D eigenvalue weighted by atomic mass is 127. The largest absolute Gasteiger partial charge is 0.379 e. The Balaban J connectivity index is 0.00000341. The molecule has 2 aromatic rings. The van der Waals surface area contributed by atoms with Crippen LogP contribution < -0.4 is 10.6 Å². The Bertz CT molecular complexity index is 812. The summed E-state index contributed by atoms with van der Waals surface area (Å²) in [5, 5.41) is 8.94. The van der Waals surface area contributed by atoms with E-state index >= 15 is 0 Å². The molecule has 9 heteroatoms. The number of benzene rings is 1. The summed E-state index contributed by atoms with van der Waals surface area (Å²) < 4.78 is 19.5. The predicted octanol–water partition coefficient (Wildman–Crippen LogP) is 3.31. The molecular weight excluding hydrogens is 528 g/mol. The number of thiophene rings is 1. The van der Waals surface area contributed by atoms with Gasteiger partial charge in [0.15, 0.2) is 5.96 Å². The number of nitrogens with zero attached hydrogens (tertiary/aromatic N) is 3. The van der Waals surface area contributed by atoms with Crippen LogP contribution in [0.15, 0.2) is 40.7 Å². The minimum atomic E-state index is -0.167. The van der Waals surface area contributed by atoms with Crippen LogP contribution in [-0.4, -0.2) is 69.8 Å². The molecular formula is C22H33FIN5OS. The van der Waals surface area contributed by atoms with E-state index in [1.807, 2.05) is 31.1 Å². The topological polar surface area (TPSA) is 52.1 Å². The zero-order valence-electron chi connectivity index (χ0n) is 18.4. The summed E-state index contributed by atoms with van der Waals surface area (Å²) >= 11 is 1.78.